The fourth-order valence-corrected chi connectivity index (χ4v) is 3.45. The molecule has 100 valence electrons. The fourth-order valence-electron chi connectivity index (χ4n) is 3.45. The minimum atomic E-state index is -0.311. The van der Waals surface area contributed by atoms with Crippen molar-refractivity contribution in [2.45, 2.75) is 64.3 Å². The molecule has 1 aromatic heterocycles. The van der Waals surface area contributed by atoms with Crippen LogP contribution in [0, 0.1) is 0 Å². The molecule has 0 aromatic carbocycles. The first-order valence-electron chi connectivity index (χ1n) is 7.17. The average Bonchev–Trinajstić information content (AvgIpc) is 2.94. The van der Waals surface area contributed by atoms with Crippen molar-refractivity contribution in [3.05, 3.63) is 17.7 Å². The Morgan fingerprint density at radius 2 is 2.06 bits per heavy atom. The van der Waals surface area contributed by atoms with Gasteiger partial charge in [-0.1, -0.05) is 0 Å². The maximum atomic E-state index is 10.0. The highest BCUT2D eigenvalue weighted by atomic mass is 16.3. The first kappa shape index (κ1) is 12.2. The summed E-state index contributed by atoms with van der Waals surface area (Å²) in [6, 6.07) is 1.02. The molecule has 0 amide bonds. The van der Waals surface area contributed by atoms with Crippen LogP contribution in [0.25, 0.3) is 0 Å². The van der Waals surface area contributed by atoms with Gasteiger partial charge in [0.05, 0.1) is 24.0 Å². The lowest BCUT2D eigenvalue weighted by Gasteiger charge is -2.30. The Morgan fingerprint density at radius 3 is 2.83 bits per heavy atom. The van der Waals surface area contributed by atoms with E-state index in [1.165, 1.54) is 25.2 Å². The van der Waals surface area contributed by atoms with Gasteiger partial charge in [-0.2, -0.15) is 0 Å². The third-order valence-electron chi connectivity index (χ3n) is 4.37. The van der Waals surface area contributed by atoms with Crippen LogP contribution in [-0.4, -0.2) is 32.1 Å². The zero-order valence-electron chi connectivity index (χ0n) is 11.3. The Balaban J connectivity index is 1.93. The van der Waals surface area contributed by atoms with Crippen molar-refractivity contribution in [2.24, 2.45) is 0 Å². The van der Waals surface area contributed by atoms with Crippen molar-refractivity contribution in [2.75, 3.05) is 6.54 Å². The summed E-state index contributed by atoms with van der Waals surface area (Å²) >= 11 is 0. The van der Waals surface area contributed by atoms with Gasteiger partial charge in [0.15, 0.2) is 0 Å². The van der Waals surface area contributed by atoms with E-state index in [4.69, 9.17) is 0 Å². The van der Waals surface area contributed by atoms with Gasteiger partial charge in [-0.25, -0.2) is 4.98 Å². The number of likely N-dealkylation sites (tertiary alicyclic amines) is 1. The topological polar surface area (TPSA) is 41.3 Å². The Hall–Kier alpha value is -0.870. The van der Waals surface area contributed by atoms with Gasteiger partial charge in [0.2, 0.25) is 0 Å². The van der Waals surface area contributed by atoms with Gasteiger partial charge in [-0.3, -0.25) is 4.90 Å². The van der Waals surface area contributed by atoms with Crippen molar-refractivity contribution >= 4 is 0 Å². The average molecular weight is 249 g/mol. The molecule has 4 nitrogen and oxygen atoms in total. The summed E-state index contributed by atoms with van der Waals surface area (Å²) < 4.78 is 2.26. The molecular formula is C14H23N3O. The fraction of sp³-hybridized carbons (Fsp3) is 0.786. The van der Waals surface area contributed by atoms with Crippen LogP contribution < -0.4 is 0 Å². The molecule has 1 fully saturated rings. The number of aliphatic hydroxyl groups excluding tert-OH is 1. The maximum Gasteiger partial charge on any atom is 0.126 e. The Kier molecular flexibility index (Phi) is 3.16. The predicted octanol–water partition coefficient (Wildman–Crippen LogP) is 2.26. The van der Waals surface area contributed by atoms with E-state index in [9.17, 15) is 5.11 Å². The lowest BCUT2D eigenvalue weighted by Crippen LogP contribution is -2.32. The summed E-state index contributed by atoms with van der Waals surface area (Å²) in [6.45, 7) is 6.71. The SMILES string of the molecule is CC(C)N1CCCC1c1ncc2n1CCCC2O. The number of fused-ring (bicyclic) bond motifs is 1. The lowest BCUT2D eigenvalue weighted by atomic mass is 10.1. The molecule has 2 atom stereocenters. The highest BCUT2D eigenvalue weighted by molar-refractivity contribution is 5.14. The number of hydrogen-bond donors (Lipinski definition) is 1. The highest BCUT2D eigenvalue weighted by Gasteiger charge is 2.33. The number of rotatable bonds is 2. The monoisotopic (exact) mass is 249 g/mol. The molecule has 4 heteroatoms. The summed E-state index contributed by atoms with van der Waals surface area (Å²) in [4.78, 5) is 7.16. The van der Waals surface area contributed by atoms with E-state index in [0.29, 0.717) is 12.1 Å². The minimum absolute atomic E-state index is 0.311. The van der Waals surface area contributed by atoms with Crippen LogP contribution in [0.15, 0.2) is 6.20 Å². The molecule has 3 heterocycles. The standard InChI is InChI=1S/C14H23N3O/c1-10(2)16-7-3-5-11(16)14-15-9-12-13(18)6-4-8-17(12)14/h9-11,13,18H,3-8H2,1-2H3. The van der Waals surface area contributed by atoms with Gasteiger partial charge in [-0.15, -0.1) is 0 Å². The third-order valence-corrected chi connectivity index (χ3v) is 4.37. The highest BCUT2D eigenvalue weighted by Crippen LogP contribution is 2.36. The van der Waals surface area contributed by atoms with Crippen molar-refractivity contribution in [1.29, 1.82) is 0 Å². The van der Waals surface area contributed by atoms with Crippen LogP contribution in [0.1, 0.15) is 63.2 Å². The third kappa shape index (κ3) is 1.88. The van der Waals surface area contributed by atoms with Crippen molar-refractivity contribution in [1.82, 2.24) is 14.5 Å². The van der Waals surface area contributed by atoms with Crippen molar-refractivity contribution in [3.63, 3.8) is 0 Å². The van der Waals surface area contributed by atoms with E-state index in [1.807, 2.05) is 6.20 Å². The van der Waals surface area contributed by atoms with Crippen LogP contribution in [0.2, 0.25) is 0 Å². The number of hydrogen-bond acceptors (Lipinski definition) is 3. The molecule has 1 aromatic rings. The Morgan fingerprint density at radius 1 is 1.28 bits per heavy atom. The summed E-state index contributed by atoms with van der Waals surface area (Å²) in [5.74, 6) is 1.18. The number of aliphatic hydroxyl groups is 1. The molecule has 1 saturated heterocycles. The minimum Gasteiger partial charge on any atom is -0.387 e. The van der Waals surface area contributed by atoms with Gasteiger partial charge in [0.1, 0.15) is 5.82 Å². The quantitative estimate of drug-likeness (QED) is 0.874. The molecule has 2 aliphatic heterocycles. The summed E-state index contributed by atoms with van der Waals surface area (Å²) in [7, 11) is 0. The molecule has 0 radical (unpaired) electrons. The molecule has 2 unspecified atom stereocenters. The first-order chi connectivity index (χ1) is 8.68. The van der Waals surface area contributed by atoms with Crippen LogP contribution in [0.3, 0.4) is 0 Å². The second-order valence-corrected chi connectivity index (χ2v) is 5.84. The zero-order chi connectivity index (χ0) is 12.7. The van der Waals surface area contributed by atoms with Crippen LogP contribution in [-0.2, 0) is 6.54 Å². The van der Waals surface area contributed by atoms with E-state index in [1.54, 1.807) is 0 Å². The van der Waals surface area contributed by atoms with Gasteiger partial charge in [0, 0.05) is 12.6 Å². The predicted molar refractivity (Wildman–Crippen MR) is 70.2 cm³/mol. The van der Waals surface area contributed by atoms with E-state index >= 15 is 0 Å². The van der Waals surface area contributed by atoms with Gasteiger partial charge < -0.3 is 9.67 Å². The summed E-state index contributed by atoms with van der Waals surface area (Å²) in [6.07, 6.45) is 5.97. The van der Waals surface area contributed by atoms with Crippen LogP contribution in [0.4, 0.5) is 0 Å². The van der Waals surface area contributed by atoms with E-state index in [-0.39, 0.29) is 6.10 Å². The lowest BCUT2D eigenvalue weighted by molar-refractivity contribution is 0.134. The van der Waals surface area contributed by atoms with Crippen LogP contribution in [0.5, 0.6) is 0 Å². The van der Waals surface area contributed by atoms with Crippen LogP contribution >= 0.6 is 0 Å². The van der Waals surface area contributed by atoms with E-state index in [0.717, 1.165) is 25.1 Å². The van der Waals surface area contributed by atoms with Gasteiger partial charge in [0.25, 0.3) is 0 Å². The number of imidazole rings is 1. The van der Waals surface area contributed by atoms with Gasteiger partial charge >= 0.3 is 0 Å². The smallest absolute Gasteiger partial charge is 0.126 e. The first-order valence-corrected chi connectivity index (χ1v) is 7.17. The Bertz CT molecular complexity index is 427. The van der Waals surface area contributed by atoms with Crippen molar-refractivity contribution in [3.8, 4) is 0 Å². The normalized spacial score (nSPS) is 28.9. The maximum absolute atomic E-state index is 10.0. The number of aromatic nitrogens is 2. The second-order valence-electron chi connectivity index (χ2n) is 5.84. The molecule has 0 bridgehead atoms. The van der Waals surface area contributed by atoms with Crippen molar-refractivity contribution < 1.29 is 5.11 Å². The molecule has 1 N–H and O–H groups in total. The van der Waals surface area contributed by atoms with Gasteiger partial charge in [-0.05, 0) is 46.1 Å². The molecule has 3 rings (SSSR count). The molecule has 0 aliphatic carbocycles. The Labute approximate surface area is 109 Å². The van der Waals surface area contributed by atoms with E-state index < -0.39 is 0 Å². The summed E-state index contributed by atoms with van der Waals surface area (Å²) in [5, 5.41) is 10.0. The molecular weight excluding hydrogens is 226 g/mol. The zero-order valence-corrected chi connectivity index (χ0v) is 11.3. The number of nitrogens with zero attached hydrogens (tertiary/aromatic N) is 3. The molecule has 2 aliphatic rings. The molecule has 0 saturated carbocycles. The largest absolute Gasteiger partial charge is 0.387 e. The van der Waals surface area contributed by atoms with E-state index in [2.05, 4.69) is 28.3 Å². The molecule has 18 heavy (non-hydrogen) atoms. The summed E-state index contributed by atoms with van der Waals surface area (Å²) in [5.41, 5.74) is 1.02. The second kappa shape index (κ2) is 4.67. The molecule has 0 spiro atoms.